The third-order valence-corrected chi connectivity index (χ3v) is 6.14. The minimum absolute atomic E-state index is 0.424. The van der Waals surface area contributed by atoms with Gasteiger partial charge in [0.05, 0.1) is 23.1 Å². The molecule has 0 fully saturated rings. The lowest BCUT2D eigenvalue weighted by molar-refractivity contribution is 0.498. The lowest BCUT2D eigenvalue weighted by atomic mass is 9.93. The van der Waals surface area contributed by atoms with Gasteiger partial charge in [-0.2, -0.15) is 5.26 Å². The minimum atomic E-state index is 0.424. The van der Waals surface area contributed by atoms with E-state index in [1.54, 1.807) is 11.3 Å². The smallest absolute Gasteiger partial charge is 0.195 e. The lowest BCUT2D eigenvalue weighted by Gasteiger charge is -2.18. The monoisotopic (exact) mass is 313 g/mol. The van der Waals surface area contributed by atoms with Crippen LogP contribution in [0.1, 0.15) is 29.6 Å². The second kappa shape index (κ2) is 4.97. The summed E-state index contributed by atoms with van der Waals surface area (Å²) in [6, 6.07) is 6.45. The van der Waals surface area contributed by atoms with Crippen molar-refractivity contribution in [2.45, 2.75) is 32.6 Å². The van der Waals surface area contributed by atoms with Crippen LogP contribution in [0.2, 0.25) is 0 Å². The number of imidazole rings is 1. The highest BCUT2D eigenvalue weighted by atomic mass is 32.1. The van der Waals surface area contributed by atoms with Crippen LogP contribution in [0.5, 0.6) is 0 Å². The van der Waals surface area contributed by atoms with E-state index < -0.39 is 0 Å². The van der Waals surface area contributed by atoms with Crippen molar-refractivity contribution in [1.29, 1.82) is 5.26 Å². The van der Waals surface area contributed by atoms with Crippen LogP contribution in [0, 0.1) is 17.2 Å². The Morgan fingerprint density at radius 2 is 2.43 bits per heavy atom. The SMILES string of the molecule is CC1CCc2c(sc3nc(-c4cccs4)c(CC#N)n23)C1. The summed E-state index contributed by atoms with van der Waals surface area (Å²) in [6.45, 7) is 2.32. The largest absolute Gasteiger partial charge is 0.290 e. The average Bonchev–Trinajstić information content (AvgIpc) is 3.14. The Balaban J connectivity index is 1.96. The van der Waals surface area contributed by atoms with Crippen LogP contribution in [-0.4, -0.2) is 9.38 Å². The van der Waals surface area contributed by atoms with Gasteiger partial charge in [0.1, 0.15) is 5.69 Å². The first-order chi connectivity index (χ1) is 10.3. The molecule has 3 aromatic heterocycles. The van der Waals surface area contributed by atoms with E-state index in [2.05, 4.69) is 28.8 Å². The fourth-order valence-electron chi connectivity index (χ4n) is 3.13. The summed E-state index contributed by atoms with van der Waals surface area (Å²) >= 11 is 3.50. The molecule has 1 aliphatic rings. The van der Waals surface area contributed by atoms with E-state index in [0.717, 1.165) is 40.0 Å². The Labute approximate surface area is 131 Å². The predicted octanol–water partition coefficient (Wildman–Crippen LogP) is 4.32. The second-order valence-electron chi connectivity index (χ2n) is 5.66. The van der Waals surface area contributed by atoms with Crippen LogP contribution < -0.4 is 0 Å². The first kappa shape index (κ1) is 13.1. The summed E-state index contributed by atoms with van der Waals surface area (Å²) < 4.78 is 2.27. The third-order valence-electron chi connectivity index (χ3n) is 4.16. The maximum atomic E-state index is 9.22. The van der Waals surface area contributed by atoms with E-state index in [9.17, 15) is 5.26 Å². The molecule has 0 N–H and O–H groups in total. The molecule has 0 aromatic carbocycles. The molecule has 0 saturated carbocycles. The average molecular weight is 313 g/mol. The van der Waals surface area contributed by atoms with E-state index in [1.807, 2.05) is 17.4 Å². The van der Waals surface area contributed by atoms with Gasteiger partial charge in [-0.1, -0.05) is 13.0 Å². The number of fused-ring (bicyclic) bond motifs is 3. The summed E-state index contributed by atoms with van der Waals surface area (Å²) in [5, 5.41) is 11.3. The Bertz CT molecular complexity index is 833. The molecular weight excluding hydrogens is 298 g/mol. The fourth-order valence-corrected chi connectivity index (χ4v) is 5.22. The van der Waals surface area contributed by atoms with Gasteiger partial charge in [-0.25, -0.2) is 4.98 Å². The standard InChI is InChI=1S/C16H15N3S2/c1-10-4-5-11-14(9-10)21-16-18-15(13-3-2-8-20-13)12(6-7-17)19(11)16/h2-3,8,10H,4-6,9H2,1H3. The number of nitrogens with zero attached hydrogens (tertiary/aromatic N) is 3. The van der Waals surface area contributed by atoms with Crippen molar-refractivity contribution < 1.29 is 0 Å². The zero-order valence-electron chi connectivity index (χ0n) is 11.8. The number of aromatic nitrogens is 2. The number of hydrogen-bond donors (Lipinski definition) is 0. The summed E-state index contributed by atoms with van der Waals surface area (Å²) in [6.07, 6.45) is 3.92. The molecule has 4 rings (SSSR count). The Kier molecular flexibility index (Phi) is 3.09. The topological polar surface area (TPSA) is 41.1 Å². The molecule has 0 bridgehead atoms. The van der Waals surface area contributed by atoms with E-state index >= 15 is 0 Å². The van der Waals surface area contributed by atoms with Crippen LogP contribution in [0.4, 0.5) is 0 Å². The van der Waals surface area contributed by atoms with Crippen molar-refractivity contribution in [3.8, 4) is 16.6 Å². The number of nitriles is 1. The molecule has 0 amide bonds. The van der Waals surface area contributed by atoms with Gasteiger partial charge in [0.25, 0.3) is 0 Å². The van der Waals surface area contributed by atoms with Crippen LogP contribution in [0.25, 0.3) is 15.5 Å². The lowest BCUT2D eigenvalue weighted by Crippen LogP contribution is -2.11. The molecule has 0 aliphatic heterocycles. The van der Waals surface area contributed by atoms with Crippen LogP contribution in [0.3, 0.4) is 0 Å². The molecule has 0 radical (unpaired) electrons. The quantitative estimate of drug-likeness (QED) is 0.707. The summed E-state index contributed by atoms with van der Waals surface area (Å²) in [5.74, 6) is 0.761. The van der Waals surface area contributed by atoms with Crippen molar-refractivity contribution in [2.75, 3.05) is 0 Å². The second-order valence-corrected chi connectivity index (χ2v) is 7.67. The molecule has 1 atom stereocenters. The third kappa shape index (κ3) is 2.02. The molecule has 1 unspecified atom stereocenters. The molecule has 3 nitrogen and oxygen atoms in total. The maximum absolute atomic E-state index is 9.22. The van der Waals surface area contributed by atoms with Crippen LogP contribution in [0.15, 0.2) is 17.5 Å². The normalized spacial score (nSPS) is 17.8. The fraction of sp³-hybridized carbons (Fsp3) is 0.375. The van der Waals surface area contributed by atoms with Crippen molar-refractivity contribution in [2.24, 2.45) is 5.92 Å². The zero-order valence-corrected chi connectivity index (χ0v) is 13.4. The molecule has 1 aliphatic carbocycles. The highest BCUT2D eigenvalue weighted by Crippen LogP contribution is 2.37. The summed E-state index contributed by atoms with van der Waals surface area (Å²) in [4.78, 5) is 8.53. The molecule has 3 aromatic rings. The Morgan fingerprint density at radius 1 is 1.52 bits per heavy atom. The van der Waals surface area contributed by atoms with E-state index in [-0.39, 0.29) is 0 Å². The molecule has 3 heterocycles. The highest BCUT2D eigenvalue weighted by Gasteiger charge is 2.25. The minimum Gasteiger partial charge on any atom is -0.290 e. The molecule has 0 saturated heterocycles. The summed E-state index contributed by atoms with van der Waals surface area (Å²) in [5.41, 5.74) is 3.47. The van der Waals surface area contributed by atoms with Crippen molar-refractivity contribution in [1.82, 2.24) is 9.38 Å². The molecule has 106 valence electrons. The van der Waals surface area contributed by atoms with Crippen molar-refractivity contribution in [3.63, 3.8) is 0 Å². The number of aryl methyl sites for hydroxylation is 1. The van der Waals surface area contributed by atoms with E-state index in [4.69, 9.17) is 4.98 Å². The molecule has 21 heavy (non-hydrogen) atoms. The van der Waals surface area contributed by atoms with Gasteiger partial charge < -0.3 is 0 Å². The Morgan fingerprint density at radius 3 is 3.19 bits per heavy atom. The van der Waals surface area contributed by atoms with Crippen molar-refractivity contribution in [3.05, 3.63) is 33.8 Å². The number of thiophene rings is 1. The van der Waals surface area contributed by atoms with Gasteiger partial charge in [-0.05, 0) is 36.6 Å². The van der Waals surface area contributed by atoms with E-state index in [0.29, 0.717) is 6.42 Å². The number of rotatable bonds is 2. The number of thiazole rings is 1. The van der Waals surface area contributed by atoms with Gasteiger partial charge in [0.2, 0.25) is 0 Å². The number of hydrogen-bond acceptors (Lipinski definition) is 4. The molecular formula is C16H15N3S2. The molecule has 0 spiro atoms. The van der Waals surface area contributed by atoms with Gasteiger partial charge >= 0.3 is 0 Å². The van der Waals surface area contributed by atoms with Crippen LogP contribution in [-0.2, 0) is 19.3 Å². The zero-order chi connectivity index (χ0) is 14.4. The summed E-state index contributed by atoms with van der Waals surface area (Å²) in [7, 11) is 0. The highest BCUT2D eigenvalue weighted by molar-refractivity contribution is 7.17. The van der Waals surface area contributed by atoms with Gasteiger partial charge in [0, 0.05) is 10.6 Å². The first-order valence-electron chi connectivity index (χ1n) is 7.20. The van der Waals surface area contributed by atoms with Gasteiger partial charge in [-0.3, -0.25) is 4.40 Å². The van der Waals surface area contributed by atoms with E-state index in [1.165, 1.54) is 17.0 Å². The van der Waals surface area contributed by atoms with Gasteiger partial charge in [-0.15, -0.1) is 22.7 Å². The molecule has 5 heteroatoms. The van der Waals surface area contributed by atoms with Gasteiger partial charge in [0.15, 0.2) is 4.96 Å². The van der Waals surface area contributed by atoms with Crippen molar-refractivity contribution >= 4 is 27.6 Å². The van der Waals surface area contributed by atoms with Crippen LogP contribution >= 0.6 is 22.7 Å². The predicted molar refractivity (Wildman–Crippen MR) is 86.9 cm³/mol. The maximum Gasteiger partial charge on any atom is 0.195 e. The Hall–Kier alpha value is -1.64. The first-order valence-corrected chi connectivity index (χ1v) is 8.90.